The number of likely N-dealkylation sites (tertiary alicyclic amines) is 2. The number of carbonyl (C=O) groups is 2. The molecule has 0 spiro atoms. The summed E-state index contributed by atoms with van der Waals surface area (Å²) in [5.41, 5.74) is 7.76. The van der Waals surface area contributed by atoms with Crippen LogP contribution in [0.1, 0.15) is 55.2 Å². The van der Waals surface area contributed by atoms with Gasteiger partial charge in [0.25, 0.3) is 11.8 Å². The number of aromatic nitrogens is 3. The molecule has 3 aromatic heterocycles. The molecular formula is C45H40Cl2N6O4. The van der Waals surface area contributed by atoms with Crippen molar-refractivity contribution in [3.8, 4) is 39.8 Å². The molecule has 1 unspecified atom stereocenters. The van der Waals surface area contributed by atoms with E-state index >= 15 is 0 Å². The van der Waals surface area contributed by atoms with Gasteiger partial charge in [0.2, 0.25) is 0 Å². The molecule has 3 aromatic carbocycles. The number of piperidine rings is 2. The van der Waals surface area contributed by atoms with E-state index in [0.717, 1.165) is 113 Å². The van der Waals surface area contributed by atoms with Gasteiger partial charge in [-0.3, -0.25) is 14.6 Å². The van der Waals surface area contributed by atoms with Crippen LogP contribution in [0, 0.1) is 11.3 Å². The Morgan fingerprint density at radius 2 is 1.21 bits per heavy atom. The maximum atomic E-state index is 13.0. The van der Waals surface area contributed by atoms with Crippen LogP contribution < -0.4 is 9.47 Å². The lowest BCUT2D eigenvalue weighted by Gasteiger charge is -2.28. The van der Waals surface area contributed by atoms with Crippen LogP contribution in [0.25, 0.3) is 44.2 Å². The van der Waals surface area contributed by atoms with E-state index in [1.54, 1.807) is 24.5 Å². The highest BCUT2D eigenvalue weighted by Gasteiger charge is 2.36. The van der Waals surface area contributed by atoms with Crippen molar-refractivity contribution in [3.63, 3.8) is 0 Å². The molecule has 12 heteroatoms. The highest BCUT2D eigenvalue weighted by molar-refractivity contribution is 6.31. The van der Waals surface area contributed by atoms with Crippen LogP contribution in [0.15, 0.2) is 79.3 Å². The molecule has 57 heavy (non-hydrogen) atoms. The van der Waals surface area contributed by atoms with Crippen molar-refractivity contribution in [1.82, 2.24) is 24.8 Å². The van der Waals surface area contributed by atoms with Crippen LogP contribution in [-0.4, -0.2) is 75.0 Å². The van der Waals surface area contributed by atoms with E-state index in [9.17, 15) is 14.9 Å². The molecule has 2 saturated heterocycles. The smallest absolute Gasteiger partial charge is 0.263 e. The van der Waals surface area contributed by atoms with Crippen molar-refractivity contribution in [1.29, 1.82) is 5.26 Å². The molecule has 2 atom stereocenters. The second kappa shape index (κ2) is 15.7. The first-order valence-corrected chi connectivity index (χ1v) is 20.4. The molecule has 4 aliphatic rings. The maximum absolute atomic E-state index is 13.0. The SMILES string of the molecule is N#Cc1ccc2c(-c3cc(Cl)cc4c3OC(C(=O)N3CCCCC3)C4)ccnc2c1.O=C([C@H]1Cc2cc(Cl)cc(-c3ccnc4[nH]ccc34)c2O1)N1CCCCC1. The standard InChI is InChI=1S/C24H20ClN3O2.C21H20ClN3O2/c25-17-11-16-12-22(24(29)28-8-2-1-3-9-28)30-23(16)20(13-17)18-6-7-27-21-10-15(14-26)4-5-19(18)21;22-14-10-13-11-18(21(26)25-8-2-1-3-9-25)27-19(13)17(12-14)15-4-6-23-20-16(15)5-7-24-20/h4-7,10-11,13,22H,1-3,8-9,12H2;4-7,10,12,18H,1-3,8-9,11H2,(H,23,24)/t;18-/m.1/s1. The van der Waals surface area contributed by atoms with Gasteiger partial charge in [-0.1, -0.05) is 29.3 Å². The zero-order valence-electron chi connectivity index (χ0n) is 31.3. The zero-order chi connectivity index (χ0) is 39.0. The van der Waals surface area contributed by atoms with Crippen LogP contribution >= 0.6 is 23.2 Å². The number of fused-ring (bicyclic) bond motifs is 4. The van der Waals surface area contributed by atoms with Gasteiger partial charge in [-0.05, 0) is 104 Å². The van der Waals surface area contributed by atoms with Crippen molar-refractivity contribution < 1.29 is 19.1 Å². The lowest BCUT2D eigenvalue weighted by Crippen LogP contribution is -2.43. The summed E-state index contributed by atoms with van der Waals surface area (Å²) in [7, 11) is 0. The number of rotatable bonds is 4. The number of H-pyrrole nitrogens is 1. The van der Waals surface area contributed by atoms with Crippen LogP contribution in [0.2, 0.25) is 10.0 Å². The number of benzene rings is 3. The highest BCUT2D eigenvalue weighted by Crippen LogP contribution is 2.45. The first-order valence-electron chi connectivity index (χ1n) is 19.6. The van der Waals surface area contributed by atoms with E-state index in [-0.39, 0.29) is 11.8 Å². The zero-order valence-corrected chi connectivity index (χ0v) is 32.8. The Morgan fingerprint density at radius 3 is 1.77 bits per heavy atom. The van der Waals surface area contributed by atoms with Gasteiger partial charge in [0.1, 0.15) is 17.1 Å². The molecule has 4 aliphatic heterocycles. The highest BCUT2D eigenvalue weighted by atomic mass is 35.5. The minimum Gasteiger partial charge on any atom is -0.479 e. The van der Waals surface area contributed by atoms with Gasteiger partial charge >= 0.3 is 0 Å². The Bertz CT molecular complexity index is 2570. The number of halogens is 2. The first kappa shape index (κ1) is 37.0. The Kier molecular flexibility index (Phi) is 10.2. The van der Waals surface area contributed by atoms with Crippen molar-refractivity contribution in [2.24, 2.45) is 0 Å². The van der Waals surface area contributed by atoms with Gasteiger partial charge in [0, 0.05) is 101 Å². The van der Waals surface area contributed by atoms with Crippen molar-refractivity contribution >= 4 is 57.0 Å². The molecule has 0 radical (unpaired) electrons. The minimum absolute atomic E-state index is 0.0613. The number of hydrogen-bond acceptors (Lipinski definition) is 7. The van der Waals surface area contributed by atoms with Gasteiger partial charge in [-0.2, -0.15) is 5.26 Å². The van der Waals surface area contributed by atoms with E-state index in [2.05, 4.69) is 21.0 Å². The molecule has 0 bridgehead atoms. The average molecular weight is 800 g/mol. The van der Waals surface area contributed by atoms with Gasteiger partial charge in [0.15, 0.2) is 12.2 Å². The van der Waals surface area contributed by atoms with E-state index in [1.165, 1.54) is 12.8 Å². The second-order valence-electron chi connectivity index (χ2n) is 15.1. The fraction of sp³-hybridized carbons (Fsp3) is 0.311. The number of hydrogen-bond donors (Lipinski definition) is 1. The summed E-state index contributed by atoms with van der Waals surface area (Å²) in [6, 6.07) is 21.1. The number of nitrogens with zero attached hydrogens (tertiary/aromatic N) is 5. The van der Waals surface area contributed by atoms with Crippen LogP contribution in [0.5, 0.6) is 11.5 Å². The predicted molar refractivity (Wildman–Crippen MR) is 221 cm³/mol. The van der Waals surface area contributed by atoms with E-state index in [4.69, 9.17) is 32.7 Å². The monoisotopic (exact) mass is 798 g/mol. The summed E-state index contributed by atoms with van der Waals surface area (Å²) in [4.78, 5) is 41.7. The normalized spacial score (nSPS) is 18.5. The second-order valence-corrected chi connectivity index (χ2v) is 15.9. The van der Waals surface area contributed by atoms with E-state index < -0.39 is 12.2 Å². The number of nitriles is 1. The summed E-state index contributed by atoms with van der Waals surface area (Å²) >= 11 is 12.8. The molecular weight excluding hydrogens is 759 g/mol. The van der Waals surface area contributed by atoms with Gasteiger partial charge in [-0.25, -0.2) is 4.98 Å². The summed E-state index contributed by atoms with van der Waals surface area (Å²) in [6.45, 7) is 3.27. The van der Waals surface area contributed by atoms with Crippen LogP contribution in [-0.2, 0) is 22.4 Å². The Morgan fingerprint density at radius 1 is 0.667 bits per heavy atom. The number of ether oxygens (including phenoxy) is 2. The van der Waals surface area contributed by atoms with Crippen LogP contribution in [0.3, 0.4) is 0 Å². The third-order valence-corrected chi connectivity index (χ3v) is 11.8. The van der Waals surface area contributed by atoms with Gasteiger partial charge < -0.3 is 24.3 Å². The number of pyridine rings is 2. The number of amides is 2. The Hall–Kier alpha value is -5.63. The summed E-state index contributed by atoms with van der Waals surface area (Å²) in [6.07, 6.45) is 12.1. The summed E-state index contributed by atoms with van der Waals surface area (Å²) in [5, 5.41) is 12.4. The number of nitrogens with one attached hydrogen (secondary N) is 1. The summed E-state index contributed by atoms with van der Waals surface area (Å²) in [5.74, 6) is 1.63. The minimum atomic E-state index is -0.506. The number of carbonyl (C=O) groups excluding carboxylic acids is 2. The van der Waals surface area contributed by atoms with Gasteiger partial charge in [-0.15, -0.1) is 0 Å². The lowest BCUT2D eigenvalue weighted by atomic mass is 9.97. The van der Waals surface area contributed by atoms with Crippen LogP contribution in [0.4, 0.5) is 0 Å². The van der Waals surface area contributed by atoms with E-state index in [0.29, 0.717) is 34.2 Å². The molecule has 10 rings (SSSR count). The molecule has 2 amide bonds. The molecule has 0 saturated carbocycles. The third kappa shape index (κ3) is 7.26. The molecule has 2 fully saturated rings. The first-order chi connectivity index (χ1) is 27.8. The lowest BCUT2D eigenvalue weighted by molar-refractivity contribution is -0.139. The van der Waals surface area contributed by atoms with Crippen molar-refractivity contribution in [2.45, 2.75) is 63.6 Å². The van der Waals surface area contributed by atoms with Crippen molar-refractivity contribution in [3.05, 3.63) is 106 Å². The molecule has 6 aromatic rings. The Labute approximate surface area is 340 Å². The van der Waals surface area contributed by atoms with E-state index in [1.807, 2.05) is 64.5 Å². The topological polar surface area (TPSA) is 124 Å². The quantitative estimate of drug-likeness (QED) is 0.189. The average Bonchev–Trinajstić information content (AvgIpc) is 4.02. The molecule has 288 valence electrons. The number of aromatic amines is 1. The van der Waals surface area contributed by atoms with Crippen molar-refractivity contribution in [2.75, 3.05) is 26.2 Å². The molecule has 0 aliphatic carbocycles. The van der Waals surface area contributed by atoms with Gasteiger partial charge in [0.05, 0.1) is 17.1 Å². The molecule has 7 heterocycles. The summed E-state index contributed by atoms with van der Waals surface area (Å²) < 4.78 is 12.4. The predicted octanol–water partition coefficient (Wildman–Crippen LogP) is 8.94. The molecule has 1 N–H and O–H groups in total. The maximum Gasteiger partial charge on any atom is 0.263 e. The third-order valence-electron chi connectivity index (χ3n) is 11.4. The fourth-order valence-electron chi connectivity index (χ4n) is 8.61. The Balaban J connectivity index is 0.000000149. The largest absolute Gasteiger partial charge is 0.479 e. The molecule has 10 nitrogen and oxygen atoms in total. The fourth-order valence-corrected chi connectivity index (χ4v) is 9.09.